The molecule has 1 saturated carbocycles. The molecule has 2 aromatic rings. The zero-order valence-electron chi connectivity index (χ0n) is 7.55. The van der Waals surface area contributed by atoms with Crippen molar-refractivity contribution in [2.45, 2.75) is 18.8 Å². The van der Waals surface area contributed by atoms with Gasteiger partial charge in [-0.15, -0.1) is 0 Å². The van der Waals surface area contributed by atoms with Crippen LogP contribution in [0.5, 0.6) is 0 Å². The molecule has 0 aromatic carbocycles. The maximum absolute atomic E-state index is 4.42. The lowest BCUT2D eigenvalue weighted by atomic mass is 10.4. The maximum atomic E-state index is 4.42. The van der Waals surface area contributed by atoms with Crippen molar-refractivity contribution in [3.05, 3.63) is 30.4 Å². The Morgan fingerprint density at radius 2 is 2.14 bits per heavy atom. The van der Waals surface area contributed by atoms with E-state index in [1.54, 1.807) is 0 Å². The second kappa shape index (κ2) is 3.09. The topological polar surface area (TPSA) is 42.7 Å². The lowest BCUT2D eigenvalue weighted by molar-refractivity contribution is 0.939. The monoisotopic (exact) mass is 206 g/mol. The number of rotatable bonds is 3. The summed E-state index contributed by atoms with van der Waals surface area (Å²) in [5, 5.41) is 0.864. The molecule has 2 heterocycles. The van der Waals surface area contributed by atoms with Crippen molar-refractivity contribution in [2.75, 3.05) is 5.43 Å². The highest BCUT2D eigenvalue weighted by molar-refractivity contribution is 7.09. The normalized spacial score (nSPS) is 15.7. The number of aromatic nitrogens is 3. The van der Waals surface area contributed by atoms with Gasteiger partial charge in [-0.3, -0.25) is 10.1 Å². The molecule has 1 aliphatic carbocycles. The fourth-order valence-electron chi connectivity index (χ4n) is 1.31. The summed E-state index contributed by atoms with van der Waals surface area (Å²) >= 11 is 1.42. The molecule has 1 N–H and O–H groups in total. The molecule has 2 aromatic heterocycles. The van der Waals surface area contributed by atoms with Crippen LogP contribution in [0.1, 0.15) is 24.6 Å². The number of nitrogens with zero attached hydrogens (tertiary/aromatic N) is 3. The van der Waals surface area contributed by atoms with Gasteiger partial charge in [0, 0.05) is 29.8 Å². The third-order valence-corrected chi connectivity index (χ3v) is 2.85. The van der Waals surface area contributed by atoms with Gasteiger partial charge in [-0.1, -0.05) is 0 Å². The number of hydrogen-bond acceptors (Lipinski definition) is 4. The summed E-state index contributed by atoms with van der Waals surface area (Å²) in [5.41, 5.74) is 3.15. The SMILES string of the molecule is c1ccn(Nc2nc(C3CC3)ns2)c1. The van der Waals surface area contributed by atoms with Gasteiger partial charge in [0.1, 0.15) is 5.82 Å². The summed E-state index contributed by atoms with van der Waals surface area (Å²) in [6.07, 6.45) is 6.38. The Bertz CT molecular complexity index is 416. The van der Waals surface area contributed by atoms with Gasteiger partial charge in [-0.05, 0) is 25.0 Å². The van der Waals surface area contributed by atoms with Crippen molar-refractivity contribution in [3.63, 3.8) is 0 Å². The van der Waals surface area contributed by atoms with Crippen molar-refractivity contribution >= 4 is 16.7 Å². The second-order valence-corrected chi connectivity index (χ2v) is 4.19. The van der Waals surface area contributed by atoms with Crippen LogP contribution in [0.15, 0.2) is 24.5 Å². The van der Waals surface area contributed by atoms with Crippen LogP contribution in [0.4, 0.5) is 5.13 Å². The first kappa shape index (κ1) is 7.99. The van der Waals surface area contributed by atoms with E-state index < -0.39 is 0 Å². The predicted molar refractivity (Wildman–Crippen MR) is 55.3 cm³/mol. The molecule has 1 aliphatic rings. The van der Waals surface area contributed by atoms with E-state index in [4.69, 9.17) is 0 Å². The van der Waals surface area contributed by atoms with Crippen LogP contribution in [0.2, 0.25) is 0 Å². The lowest BCUT2D eigenvalue weighted by Gasteiger charge is -2.00. The van der Waals surface area contributed by atoms with E-state index in [-0.39, 0.29) is 0 Å². The number of anilines is 1. The molecule has 5 heteroatoms. The van der Waals surface area contributed by atoms with Crippen molar-refractivity contribution in [2.24, 2.45) is 0 Å². The van der Waals surface area contributed by atoms with Crippen molar-refractivity contribution in [3.8, 4) is 0 Å². The van der Waals surface area contributed by atoms with Gasteiger partial charge in [0.15, 0.2) is 0 Å². The van der Waals surface area contributed by atoms with E-state index in [0.29, 0.717) is 5.92 Å². The smallest absolute Gasteiger partial charge is 0.221 e. The molecular weight excluding hydrogens is 196 g/mol. The third kappa shape index (κ3) is 1.50. The summed E-state index contributed by atoms with van der Waals surface area (Å²) in [6, 6.07) is 3.94. The summed E-state index contributed by atoms with van der Waals surface area (Å²) < 4.78 is 6.19. The van der Waals surface area contributed by atoms with Crippen LogP contribution in [-0.2, 0) is 0 Å². The zero-order chi connectivity index (χ0) is 9.38. The molecule has 3 rings (SSSR count). The minimum atomic E-state index is 0.631. The van der Waals surface area contributed by atoms with Gasteiger partial charge < -0.3 is 0 Å². The van der Waals surface area contributed by atoms with Crippen LogP contribution in [0.25, 0.3) is 0 Å². The van der Waals surface area contributed by atoms with Crippen molar-refractivity contribution in [1.29, 1.82) is 0 Å². The number of hydrogen-bond donors (Lipinski definition) is 1. The van der Waals surface area contributed by atoms with Crippen molar-refractivity contribution in [1.82, 2.24) is 14.0 Å². The first-order valence-corrected chi connectivity index (χ1v) is 5.43. The Morgan fingerprint density at radius 3 is 2.86 bits per heavy atom. The Kier molecular flexibility index (Phi) is 1.77. The second-order valence-electron chi connectivity index (χ2n) is 3.43. The van der Waals surface area contributed by atoms with Crippen LogP contribution < -0.4 is 5.43 Å². The highest BCUT2D eigenvalue weighted by Crippen LogP contribution is 2.39. The Hall–Kier alpha value is -1.36. The highest BCUT2D eigenvalue weighted by Gasteiger charge is 2.27. The average Bonchev–Trinajstić information content (AvgIpc) is 2.75. The van der Waals surface area contributed by atoms with E-state index in [0.717, 1.165) is 11.0 Å². The standard InChI is InChI=1S/C9H10N4S/c1-2-6-13(5-1)11-9-10-8(12-14-9)7-3-4-7/h1-2,5-7H,3-4H2,(H,10,11,12). The molecule has 0 amide bonds. The van der Waals surface area contributed by atoms with Crippen LogP contribution in [0.3, 0.4) is 0 Å². The molecular formula is C9H10N4S. The first-order valence-electron chi connectivity index (χ1n) is 4.65. The fraction of sp³-hybridized carbons (Fsp3) is 0.333. The minimum absolute atomic E-state index is 0.631. The molecule has 0 aliphatic heterocycles. The van der Waals surface area contributed by atoms with Gasteiger partial charge >= 0.3 is 0 Å². The Morgan fingerprint density at radius 1 is 1.36 bits per heavy atom. The molecule has 72 valence electrons. The van der Waals surface area contributed by atoms with Gasteiger partial charge in [0.05, 0.1) is 0 Å². The van der Waals surface area contributed by atoms with Gasteiger partial charge in [-0.2, -0.15) is 4.37 Å². The Balaban J connectivity index is 1.76. The Labute approximate surface area is 85.7 Å². The molecule has 0 bridgehead atoms. The van der Waals surface area contributed by atoms with Gasteiger partial charge in [-0.25, -0.2) is 4.98 Å². The van der Waals surface area contributed by atoms with E-state index in [2.05, 4.69) is 14.8 Å². The van der Waals surface area contributed by atoms with E-state index in [9.17, 15) is 0 Å². The molecule has 14 heavy (non-hydrogen) atoms. The summed E-state index contributed by atoms with van der Waals surface area (Å²) in [4.78, 5) is 4.42. The van der Waals surface area contributed by atoms with Crippen LogP contribution in [0, 0.1) is 0 Å². The zero-order valence-corrected chi connectivity index (χ0v) is 8.37. The highest BCUT2D eigenvalue weighted by atomic mass is 32.1. The molecule has 4 nitrogen and oxygen atoms in total. The van der Waals surface area contributed by atoms with E-state index in [1.807, 2.05) is 29.2 Å². The molecule has 0 radical (unpaired) electrons. The van der Waals surface area contributed by atoms with Gasteiger partial charge in [0.25, 0.3) is 0 Å². The molecule has 0 saturated heterocycles. The van der Waals surface area contributed by atoms with E-state index >= 15 is 0 Å². The van der Waals surface area contributed by atoms with Gasteiger partial charge in [0.2, 0.25) is 5.13 Å². The molecule has 0 unspecified atom stereocenters. The quantitative estimate of drug-likeness (QED) is 0.836. The lowest BCUT2D eigenvalue weighted by Crippen LogP contribution is -2.05. The minimum Gasteiger partial charge on any atom is -0.269 e. The fourth-order valence-corrected chi connectivity index (χ4v) is 1.96. The van der Waals surface area contributed by atoms with Crippen LogP contribution >= 0.6 is 11.5 Å². The summed E-state index contributed by atoms with van der Waals surface area (Å²) in [5.74, 6) is 1.64. The van der Waals surface area contributed by atoms with E-state index in [1.165, 1.54) is 24.4 Å². The number of nitrogens with one attached hydrogen (secondary N) is 1. The molecule has 0 spiro atoms. The first-order chi connectivity index (χ1) is 6.92. The third-order valence-electron chi connectivity index (χ3n) is 2.21. The maximum Gasteiger partial charge on any atom is 0.221 e. The molecule has 1 fully saturated rings. The predicted octanol–water partition coefficient (Wildman–Crippen LogP) is 2.09. The summed E-state index contributed by atoms with van der Waals surface area (Å²) in [7, 11) is 0. The van der Waals surface area contributed by atoms with Crippen LogP contribution in [-0.4, -0.2) is 14.0 Å². The largest absolute Gasteiger partial charge is 0.269 e. The summed E-state index contributed by atoms with van der Waals surface area (Å²) in [6.45, 7) is 0. The molecule has 0 atom stereocenters. The van der Waals surface area contributed by atoms with Crippen molar-refractivity contribution < 1.29 is 0 Å². The average molecular weight is 206 g/mol.